The Morgan fingerprint density at radius 1 is 1.50 bits per heavy atom. The molecule has 2 N–H and O–H groups in total. The number of amides is 1. The van der Waals surface area contributed by atoms with Gasteiger partial charge in [-0.25, -0.2) is 0 Å². The van der Waals surface area contributed by atoms with Crippen LogP contribution in [0.2, 0.25) is 0 Å². The van der Waals surface area contributed by atoms with E-state index in [9.17, 15) is 9.59 Å². The minimum Gasteiger partial charge on any atom is -0.481 e. The van der Waals surface area contributed by atoms with E-state index in [4.69, 9.17) is 11.5 Å². The smallest absolute Gasteiger partial charge is 0.303 e. The van der Waals surface area contributed by atoms with Crippen molar-refractivity contribution in [3.05, 3.63) is 0 Å². The minimum absolute atomic E-state index is 0.0103. The third-order valence-corrected chi connectivity index (χ3v) is 1.79. The Morgan fingerprint density at radius 3 is 2.57 bits per heavy atom. The standard InChI is InChI=1S/C10H15NO3/c1-3-5-8(4-2)11-9(12)6-7-10(13)14/h1,8H,4-7H2,2H3,(H,11,12)(H,13,14). The van der Waals surface area contributed by atoms with E-state index in [1.165, 1.54) is 0 Å². The van der Waals surface area contributed by atoms with Crippen LogP contribution < -0.4 is 5.32 Å². The highest BCUT2D eigenvalue weighted by atomic mass is 16.4. The summed E-state index contributed by atoms with van der Waals surface area (Å²) < 4.78 is 0. The van der Waals surface area contributed by atoms with Crippen LogP contribution in [0, 0.1) is 12.3 Å². The van der Waals surface area contributed by atoms with Gasteiger partial charge in [-0.3, -0.25) is 9.59 Å². The van der Waals surface area contributed by atoms with Gasteiger partial charge < -0.3 is 10.4 Å². The first-order chi connectivity index (χ1) is 6.60. The van der Waals surface area contributed by atoms with Gasteiger partial charge in [-0.15, -0.1) is 12.3 Å². The number of carbonyl (C=O) groups excluding carboxylic acids is 1. The monoisotopic (exact) mass is 197 g/mol. The lowest BCUT2D eigenvalue weighted by atomic mass is 10.1. The first-order valence-electron chi connectivity index (χ1n) is 4.54. The molecule has 78 valence electrons. The zero-order chi connectivity index (χ0) is 11.0. The summed E-state index contributed by atoms with van der Waals surface area (Å²) in [7, 11) is 0. The lowest BCUT2D eigenvalue weighted by Crippen LogP contribution is -2.34. The van der Waals surface area contributed by atoms with Crippen molar-refractivity contribution in [1.82, 2.24) is 5.32 Å². The van der Waals surface area contributed by atoms with Gasteiger partial charge in [0.15, 0.2) is 0 Å². The fourth-order valence-corrected chi connectivity index (χ4v) is 0.960. The highest BCUT2D eigenvalue weighted by Gasteiger charge is 2.10. The van der Waals surface area contributed by atoms with Gasteiger partial charge in [-0.05, 0) is 6.42 Å². The molecular weight excluding hydrogens is 182 g/mol. The molecule has 0 heterocycles. The maximum atomic E-state index is 11.1. The van der Waals surface area contributed by atoms with Crippen molar-refractivity contribution in [1.29, 1.82) is 0 Å². The van der Waals surface area contributed by atoms with Crippen LogP contribution in [0.1, 0.15) is 32.6 Å². The second kappa shape index (κ2) is 6.96. The van der Waals surface area contributed by atoms with Crippen molar-refractivity contribution < 1.29 is 14.7 Å². The summed E-state index contributed by atoms with van der Waals surface area (Å²) >= 11 is 0. The molecule has 0 aliphatic rings. The molecule has 0 aliphatic heterocycles. The highest BCUT2D eigenvalue weighted by Crippen LogP contribution is 1.98. The molecule has 1 atom stereocenters. The molecule has 1 unspecified atom stereocenters. The molecule has 0 aromatic heterocycles. The molecule has 0 aromatic carbocycles. The number of rotatable bonds is 6. The highest BCUT2D eigenvalue weighted by molar-refractivity contribution is 5.80. The summed E-state index contributed by atoms with van der Waals surface area (Å²) in [5, 5.41) is 11.0. The van der Waals surface area contributed by atoms with Gasteiger partial charge >= 0.3 is 5.97 Å². The van der Waals surface area contributed by atoms with Crippen LogP contribution in [-0.4, -0.2) is 23.0 Å². The number of carboxylic acids is 1. The van der Waals surface area contributed by atoms with E-state index in [0.717, 1.165) is 6.42 Å². The summed E-state index contributed by atoms with van der Waals surface area (Å²) in [6.07, 6.45) is 6.21. The lowest BCUT2D eigenvalue weighted by Gasteiger charge is -2.13. The Bertz CT molecular complexity index is 242. The van der Waals surface area contributed by atoms with E-state index in [1.807, 2.05) is 6.92 Å². The molecule has 0 aromatic rings. The molecular formula is C10H15NO3. The van der Waals surface area contributed by atoms with Gasteiger partial charge in [0.1, 0.15) is 0 Å². The topological polar surface area (TPSA) is 66.4 Å². The van der Waals surface area contributed by atoms with Gasteiger partial charge in [0.2, 0.25) is 5.91 Å². The Labute approximate surface area is 83.7 Å². The second-order valence-corrected chi connectivity index (χ2v) is 2.97. The largest absolute Gasteiger partial charge is 0.481 e. The third-order valence-electron chi connectivity index (χ3n) is 1.79. The van der Waals surface area contributed by atoms with Crippen LogP contribution >= 0.6 is 0 Å². The minimum atomic E-state index is -0.967. The fraction of sp³-hybridized carbons (Fsp3) is 0.600. The van der Waals surface area contributed by atoms with Crippen molar-refractivity contribution >= 4 is 11.9 Å². The van der Waals surface area contributed by atoms with E-state index in [-0.39, 0.29) is 24.8 Å². The molecule has 14 heavy (non-hydrogen) atoms. The summed E-state index contributed by atoms with van der Waals surface area (Å²) in [6.45, 7) is 1.92. The summed E-state index contributed by atoms with van der Waals surface area (Å²) in [4.78, 5) is 21.3. The third kappa shape index (κ3) is 6.06. The van der Waals surface area contributed by atoms with Crippen molar-refractivity contribution in [2.24, 2.45) is 0 Å². The van der Waals surface area contributed by atoms with Crippen LogP contribution in [0.4, 0.5) is 0 Å². The molecule has 0 rings (SSSR count). The number of nitrogens with one attached hydrogen (secondary N) is 1. The van der Waals surface area contributed by atoms with Gasteiger partial charge in [0.05, 0.1) is 6.42 Å². The Hall–Kier alpha value is -1.50. The molecule has 0 aliphatic carbocycles. The molecule has 0 bridgehead atoms. The average Bonchev–Trinajstić information content (AvgIpc) is 2.14. The van der Waals surface area contributed by atoms with E-state index in [2.05, 4.69) is 11.2 Å². The molecule has 1 amide bonds. The molecule has 4 nitrogen and oxygen atoms in total. The van der Waals surface area contributed by atoms with Gasteiger partial charge in [0.25, 0.3) is 0 Å². The number of carboxylic acid groups (broad SMARTS) is 1. The molecule has 0 spiro atoms. The van der Waals surface area contributed by atoms with Crippen LogP contribution in [0.25, 0.3) is 0 Å². The summed E-state index contributed by atoms with van der Waals surface area (Å²) in [6, 6.07) is -0.0405. The maximum Gasteiger partial charge on any atom is 0.303 e. The lowest BCUT2D eigenvalue weighted by molar-refractivity contribution is -0.138. The van der Waals surface area contributed by atoms with Crippen LogP contribution in [0.5, 0.6) is 0 Å². The van der Waals surface area contributed by atoms with E-state index in [0.29, 0.717) is 6.42 Å². The SMILES string of the molecule is C#CCC(CC)NC(=O)CCC(=O)O. The maximum absolute atomic E-state index is 11.1. The fourth-order valence-electron chi connectivity index (χ4n) is 0.960. The molecule has 0 saturated carbocycles. The predicted molar refractivity (Wildman–Crippen MR) is 52.5 cm³/mol. The number of carbonyl (C=O) groups is 2. The van der Waals surface area contributed by atoms with E-state index < -0.39 is 5.97 Å². The van der Waals surface area contributed by atoms with E-state index in [1.54, 1.807) is 0 Å². The van der Waals surface area contributed by atoms with Gasteiger partial charge in [-0.1, -0.05) is 6.92 Å². The van der Waals surface area contributed by atoms with Crippen LogP contribution in [-0.2, 0) is 9.59 Å². The van der Waals surface area contributed by atoms with Crippen molar-refractivity contribution in [2.45, 2.75) is 38.6 Å². The molecule has 0 fully saturated rings. The number of hydrogen-bond donors (Lipinski definition) is 2. The Morgan fingerprint density at radius 2 is 2.14 bits per heavy atom. The average molecular weight is 197 g/mol. The number of hydrogen-bond acceptors (Lipinski definition) is 2. The quantitative estimate of drug-likeness (QED) is 0.618. The van der Waals surface area contributed by atoms with Crippen molar-refractivity contribution in [3.63, 3.8) is 0 Å². The van der Waals surface area contributed by atoms with Gasteiger partial charge in [0, 0.05) is 18.9 Å². The van der Waals surface area contributed by atoms with Gasteiger partial charge in [-0.2, -0.15) is 0 Å². The Balaban J connectivity index is 3.80. The first kappa shape index (κ1) is 12.5. The molecule has 0 radical (unpaired) electrons. The first-order valence-corrected chi connectivity index (χ1v) is 4.54. The molecule has 0 saturated heterocycles. The van der Waals surface area contributed by atoms with Crippen LogP contribution in [0.15, 0.2) is 0 Å². The normalized spacial score (nSPS) is 11.4. The second-order valence-electron chi connectivity index (χ2n) is 2.97. The van der Waals surface area contributed by atoms with E-state index >= 15 is 0 Å². The van der Waals surface area contributed by atoms with Crippen molar-refractivity contribution in [2.75, 3.05) is 0 Å². The zero-order valence-corrected chi connectivity index (χ0v) is 8.25. The van der Waals surface area contributed by atoms with Crippen molar-refractivity contribution in [3.8, 4) is 12.3 Å². The zero-order valence-electron chi connectivity index (χ0n) is 8.25. The Kier molecular flexibility index (Phi) is 6.21. The summed E-state index contributed by atoms with van der Waals surface area (Å²) in [5.74, 6) is 1.24. The summed E-state index contributed by atoms with van der Waals surface area (Å²) in [5.41, 5.74) is 0. The van der Waals surface area contributed by atoms with Crippen LogP contribution in [0.3, 0.4) is 0 Å². The number of terminal acetylenes is 1. The predicted octanol–water partition coefficient (Wildman–Crippen LogP) is 0.769. The number of aliphatic carboxylic acids is 1. The molecule has 4 heteroatoms.